The van der Waals surface area contributed by atoms with E-state index >= 15 is 0 Å². The number of aromatic hydroxyl groups is 1. The minimum Gasteiger partial charge on any atom is -0.547 e. The monoisotopic (exact) mass is 208 g/mol. The Labute approximate surface area is 103 Å². The van der Waals surface area contributed by atoms with Gasteiger partial charge in [-0.3, -0.25) is 0 Å². The average Bonchev–Trinajstić information content (AvgIpc) is 2.04. The summed E-state index contributed by atoms with van der Waals surface area (Å²) in [4.78, 5) is 10.2. The van der Waals surface area contributed by atoms with Gasteiger partial charge in [0.1, 0.15) is 11.9 Å². The quantitative estimate of drug-likeness (QED) is 0.476. The number of aliphatic hydroxyl groups excluding tert-OH is 1. The van der Waals surface area contributed by atoms with Crippen LogP contribution in [0.1, 0.15) is 11.7 Å². The van der Waals surface area contributed by atoms with E-state index in [0.717, 1.165) is 0 Å². The zero-order chi connectivity index (χ0) is 9.14. The molecule has 0 saturated heterocycles. The topological polar surface area (TPSA) is 112 Å². The first-order chi connectivity index (χ1) is 5.61. The Morgan fingerprint density at radius 1 is 1.29 bits per heavy atom. The number of benzene rings is 1. The van der Waals surface area contributed by atoms with Gasteiger partial charge in [0.05, 0.1) is 5.97 Å². The summed E-state index contributed by atoms with van der Waals surface area (Å²) in [6.45, 7) is 0. The number of carbonyl (C=O) groups is 1. The summed E-state index contributed by atoms with van der Waals surface area (Å²) in [6.07, 6.45) is -1.63. The van der Waals surface area contributed by atoms with E-state index in [9.17, 15) is 9.90 Å². The van der Waals surface area contributed by atoms with Crippen molar-refractivity contribution in [3.8, 4) is 5.75 Å². The van der Waals surface area contributed by atoms with Crippen LogP contribution in [0, 0.1) is 0 Å². The zero-order valence-electron chi connectivity index (χ0n) is 7.60. The number of carbonyl (C=O) groups excluding carboxylic acids is 1. The molecule has 0 aromatic heterocycles. The van der Waals surface area contributed by atoms with Crippen LogP contribution in [0.15, 0.2) is 24.3 Å². The normalized spacial score (nSPS) is 10.6. The molecule has 0 aliphatic rings. The number of rotatable bonds is 2. The van der Waals surface area contributed by atoms with Gasteiger partial charge in [-0.2, -0.15) is 0 Å². The zero-order valence-corrected chi connectivity index (χ0v) is 9.60. The number of carboxylic acids is 1. The molecule has 1 rings (SSSR count). The van der Waals surface area contributed by atoms with Crippen LogP contribution in [0.4, 0.5) is 0 Å². The first kappa shape index (κ1) is 15.9. The molecule has 1 aromatic rings. The van der Waals surface area contributed by atoms with Crippen molar-refractivity contribution < 1.29 is 55.1 Å². The van der Waals surface area contributed by atoms with E-state index in [1.54, 1.807) is 0 Å². The minimum absolute atomic E-state index is 0. The summed E-state index contributed by atoms with van der Waals surface area (Å²) >= 11 is 0. The molecule has 0 saturated carbocycles. The number of hydrogen-bond donors (Lipinski definition) is 2. The van der Waals surface area contributed by atoms with Gasteiger partial charge in [-0.1, -0.05) is 12.1 Å². The van der Waals surface area contributed by atoms with E-state index in [1.807, 2.05) is 0 Å². The van der Waals surface area contributed by atoms with Gasteiger partial charge in [-0.25, -0.2) is 0 Å². The Hall–Kier alpha value is -0.590. The number of phenols is 1. The molecule has 0 bridgehead atoms. The Balaban J connectivity index is 0. The van der Waals surface area contributed by atoms with Crippen LogP contribution >= 0.6 is 0 Å². The molecule has 1 unspecified atom stereocenters. The van der Waals surface area contributed by atoms with Crippen LogP contribution in [0.2, 0.25) is 0 Å². The first-order valence-corrected chi connectivity index (χ1v) is 3.29. The molecule has 0 radical (unpaired) electrons. The maximum Gasteiger partial charge on any atom is 1.00 e. The van der Waals surface area contributed by atoms with Crippen molar-refractivity contribution in [1.82, 2.24) is 0 Å². The fourth-order valence-corrected chi connectivity index (χ4v) is 0.793. The van der Waals surface area contributed by atoms with Crippen LogP contribution < -0.4 is 34.7 Å². The van der Waals surface area contributed by atoms with Crippen LogP contribution in [-0.4, -0.2) is 21.7 Å². The number of phenolic OH excluding ortho intramolecular Hbond substituents is 1. The van der Waals surface area contributed by atoms with Crippen molar-refractivity contribution in [2.75, 3.05) is 0 Å². The van der Waals surface area contributed by atoms with Crippen LogP contribution in [0.3, 0.4) is 0 Å². The van der Waals surface area contributed by atoms with E-state index in [1.165, 1.54) is 24.3 Å². The largest absolute Gasteiger partial charge is 1.00 e. The Kier molecular flexibility index (Phi) is 7.71. The van der Waals surface area contributed by atoms with Gasteiger partial charge >= 0.3 is 29.6 Å². The molecule has 0 aliphatic heterocycles. The van der Waals surface area contributed by atoms with E-state index in [0.29, 0.717) is 0 Å². The predicted octanol–water partition coefficient (Wildman–Crippen LogP) is -4.65. The van der Waals surface area contributed by atoms with Gasteiger partial charge in [-0.05, 0) is 17.7 Å². The van der Waals surface area contributed by atoms with Crippen molar-refractivity contribution >= 4 is 5.97 Å². The van der Waals surface area contributed by atoms with E-state index < -0.39 is 12.1 Å². The van der Waals surface area contributed by atoms with Crippen molar-refractivity contribution in [3.63, 3.8) is 0 Å². The van der Waals surface area contributed by atoms with Gasteiger partial charge in [-0.15, -0.1) is 0 Å². The molecule has 0 spiro atoms. The summed E-state index contributed by atoms with van der Waals surface area (Å²) in [6, 6.07) is 5.22. The standard InChI is InChI=1S/C8H8O4.Na.H2O/c9-6-3-1-5(2-4-6)7(10)8(11)12;;/h1-4,7,9-10H,(H,11,12);;1H2/q;+1;/p-1. The van der Waals surface area contributed by atoms with Gasteiger partial charge in [0.2, 0.25) is 0 Å². The first-order valence-electron chi connectivity index (χ1n) is 3.29. The van der Waals surface area contributed by atoms with E-state index in [-0.39, 0.29) is 46.3 Å². The van der Waals surface area contributed by atoms with Gasteiger partial charge in [0, 0.05) is 0 Å². The average molecular weight is 208 g/mol. The van der Waals surface area contributed by atoms with Gasteiger partial charge < -0.3 is 25.6 Å². The van der Waals surface area contributed by atoms with Crippen LogP contribution in [0.5, 0.6) is 5.75 Å². The van der Waals surface area contributed by atoms with Crippen molar-refractivity contribution in [2.45, 2.75) is 6.10 Å². The molecule has 0 heterocycles. The third-order valence-electron chi connectivity index (χ3n) is 1.43. The molecular formula is C8H9NaO5. The Bertz CT molecular complexity index is 284. The molecule has 4 N–H and O–H groups in total. The van der Waals surface area contributed by atoms with Gasteiger partial charge in [0.25, 0.3) is 0 Å². The molecule has 0 fully saturated rings. The summed E-state index contributed by atoms with van der Waals surface area (Å²) in [5.41, 5.74) is 0.188. The molecule has 0 amide bonds. The number of carboxylic acid groups (broad SMARTS) is 1. The molecular weight excluding hydrogens is 199 g/mol. The minimum atomic E-state index is -1.63. The second kappa shape index (κ2) is 6.80. The van der Waals surface area contributed by atoms with Crippen molar-refractivity contribution in [1.29, 1.82) is 0 Å². The molecule has 72 valence electrons. The second-order valence-electron chi connectivity index (χ2n) is 2.31. The summed E-state index contributed by atoms with van der Waals surface area (Å²) in [5.74, 6) is -1.54. The maximum absolute atomic E-state index is 10.2. The second-order valence-corrected chi connectivity index (χ2v) is 2.31. The molecule has 5 nitrogen and oxygen atoms in total. The Morgan fingerprint density at radius 2 is 1.71 bits per heavy atom. The Morgan fingerprint density at radius 3 is 2.07 bits per heavy atom. The summed E-state index contributed by atoms with van der Waals surface area (Å²) in [7, 11) is 0. The third kappa shape index (κ3) is 4.08. The smallest absolute Gasteiger partial charge is 0.547 e. The fraction of sp³-hybridized carbons (Fsp3) is 0.125. The maximum atomic E-state index is 10.2. The molecule has 1 aromatic carbocycles. The summed E-state index contributed by atoms with van der Waals surface area (Å²) < 4.78 is 0. The molecule has 14 heavy (non-hydrogen) atoms. The number of aliphatic hydroxyl groups is 1. The van der Waals surface area contributed by atoms with Crippen LogP contribution in [0.25, 0.3) is 0 Å². The number of aliphatic carboxylic acids is 1. The molecule has 1 atom stereocenters. The predicted molar refractivity (Wildman–Crippen MR) is 41.7 cm³/mol. The van der Waals surface area contributed by atoms with E-state index in [4.69, 9.17) is 10.2 Å². The molecule has 6 heteroatoms. The third-order valence-corrected chi connectivity index (χ3v) is 1.43. The SMILES string of the molecule is O.O=C([O-])C(O)c1ccc(O)cc1.[Na+]. The summed E-state index contributed by atoms with van der Waals surface area (Å²) in [5, 5.41) is 27.9. The van der Waals surface area contributed by atoms with Gasteiger partial charge in [0.15, 0.2) is 0 Å². The van der Waals surface area contributed by atoms with Crippen molar-refractivity contribution in [3.05, 3.63) is 29.8 Å². The van der Waals surface area contributed by atoms with E-state index in [2.05, 4.69) is 0 Å². The number of hydrogen-bond acceptors (Lipinski definition) is 4. The fourth-order valence-electron chi connectivity index (χ4n) is 0.793. The van der Waals surface area contributed by atoms with Crippen LogP contribution in [-0.2, 0) is 4.79 Å². The van der Waals surface area contributed by atoms with Crippen molar-refractivity contribution in [2.24, 2.45) is 0 Å². The molecule has 0 aliphatic carbocycles.